The van der Waals surface area contributed by atoms with Gasteiger partial charge in [0.05, 0.1) is 12.2 Å². The van der Waals surface area contributed by atoms with Gasteiger partial charge in [-0.05, 0) is 32.0 Å². The van der Waals surface area contributed by atoms with Crippen LogP contribution in [0.1, 0.15) is 20.3 Å². The van der Waals surface area contributed by atoms with Crippen LogP contribution < -0.4 is 0 Å². The van der Waals surface area contributed by atoms with Crippen LogP contribution in [-0.4, -0.2) is 27.4 Å². The van der Waals surface area contributed by atoms with Gasteiger partial charge < -0.3 is 15.2 Å². The molecule has 3 nitrogen and oxygen atoms in total. The molecular formula is C16H20NO2Rh-. The van der Waals surface area contributed by atoms with Crippen molar-refractivity contribution in [2.24, 2.45) is 0 Å². The minimum atomic E-state index is -0.375. The molecular weight excluding hydrogens is 341 g/mol. The van der Waals surface area contributed by atoms with E-state index in [0.29, 0.717) is 6.42 Å². The molecule has 0 aliphatic heterocycles. The molecule has 4 heteroatoms. The maximum Gasteiger partial charge on any atom is 0.0536 e. The number of pyridine rings is 1. The van der Waals surface area contributed by atoms with E-state index in [1.54, 1.807) is 20.0 Å². The topological polar surface area (TPSA) is 53.4 Å². The van der Waals surface area contributed by atoms with Gasteiger partial charge >= 0.3 is 0 Å². The molecule has 0 spiro atoms. The molecule has 2 N–H and O–H groups in total. The summed E-state index contributed by atoms with van der Waals surface area (Å²) in [5.74, 6) is 0. The summed E-state index contributed by atoms with van der Waals surface area (Å²) in [7, 11) is 0. The van der Waals surface area contributed by atoms with Crippen LogP contribution in [0, 0.1) is 6.07 Å². The zero-order valence-corrected chi connectivity index (χ0v) is 13.3. The first-order valence-electron chi connectivity index (χ1n) is 6.34. The molecule has 1 heterocycles. The van der Waals surface area contributed by atoms with Crippen LogP contribution in [-0.2, 0) is 19.5 Å². The van der Waals surface area contributed by atoms with Crippen molar-refractivity contribution in [3.63, 3.8) is 0 Å². The van der Waals surface area contributed by atoms with E-state index in [0.717, 1.165) is 11.3 Å². The second kappa shape index (κ2) is 10.7. The fourth-order valence-corrected chi connectivity index (χ4v) is 1.57. The number of nitrogens with zero attached hydrogens (tertiary/aromatic N) is 1. The van der Waals surface area contributed by atoms with E-state index in [2.05, 4.69) is 11.1 Å². The standard InChI is InChI=1S/C11H8N.C5H12O2.Rh/c1-2-6-10(7-3-1)11-8-4-5-9-12-11;1-4(6)3-5(2)7;/h1-6,8-9H;4-7H,3H2,1-2H3;/q-1;;. The van der Waals surface area contributed by atoms with Gasteiger partial charge in [-0.1, -0.05) is 12.1 Å². The summed E-state index contributed by atoms with van der Waals surface area (Å²) < 4.78 is 0. The van der Waals surface area contributed by atoms with Crippen molar-refractivity contribution in [3.05, 3.63) is 54.7 Å². The maximum absolute atomic E-state index is 8.56. The molecule has 0 aliphatic carbocycles. The number of benzene rings is 1. The van der Waals surface area contributed by atoms with Crippen LogP contribution in [0.5, 0.6) is 0 Å². The Morgan fingerprint density at radius 2 is 1.70 bits per heavy atom. The molecule has 0 aliphatic rings. The van der Waals surface area contributed by atoms with E-state index in [4.69, 9.17) is 10.2 Å². The number of rotatable bonds is 3. The smallest absolute Gasteiger partial charge is 0.0536 e. The van der Waals surface area contributed by atoms with Gasteiger partial charge in [-0.3, -0.25) is 0 Å². The SMILES string of the molecule is CC(O)CC(C)O.[Rh].[c-]1ccccc1-c1ccccn1. The average molecular weight is 361 g/mol. The van der Waals surface area contributed by atoms with E-state index in [9.17, 15) is 0 Å². The normalized spacial score (nSPS) is 12.4. The van der Waals surface area contributed by atoms with E-state index in [1.807, 2.05) is 42.5 Å². The summed E-state index contributed by atoms with van der Waals surface area (Å²) >= 11 is 0. The predicted octanol–water partition coefficient (Wildman–Crippen LogP) is 2.68. The summed E-state index contributed by atoms with van der Waals surface area (Å²) in [5.41, 5.74) is 2.01. The van der Waals surface area contributed by atoms with Crippen LogP contribution in [0.15, 0.2) is 48.7 Å². The number of aromatic nitrogens is 1. The van der Waals surface area contributed by atoms with E-state index < -0.39 is 0 Å². The van der Waals surface area contributed by atoms with E-state index in [1.165, 1.54) is 0 Å². The molecule has 0 saturated carbocycles. The van der Waals surface area contributed by atoms with Gasteiger partial charge in [0, 0.05) is 25.7 Å². The van der Waals surface area contributed by atoms with Gasteiger partial charge in [-0.15, -0.1) is 35.9 Å². The Labute approximate surface area is 133 Å². The van der Waals surface area contributed by atoms with Crippen molar-refractivity contribution >= 4 is 0 Å². The molecule has 1 radical (unpaired) electrons. The van der Waals surface area contributed by atoms with Crippen molar-refractivity contribution in [2.45, 2.75) is 32.5 Å². The quantitative estimate of drug-likeness (QED) is 0.653. The molecule has 2 atom stereocenters. The van der Waals surface area contributed by atoms with E-state index in [-0.39, 0.29) is 31.7 Å². The fourth-order valence-electron chi connectivity index (χ4n) is 1.57. The zero-order chi connectivity index (χ0) is 14.1. The Hall–Kier alpha value is -1.09. The third-order valence-electron chi connectivity index (χ3n) is 2.33. The third-order valence-corrected chi connectivity index (χ3v) is 2.33. The Kier molecular flexibility index (Phi) is 10.1. The number of hydrogen-bond donors (Lipinski definition) is 2. The van der Waals surface area contributed by atoms with Gasteiger partial charge in [0.2, 0.25) is 0 Å². The second-order valence-electron chi connectivity index (χ2n) is 4.42. The van der Waals surface area contributed by atoms with Crippen LogP contribution in [0.25, 0.3) is 11.3 Å². The maximum atomic E-state index is 8.56. The Balaban J connectivity index is 0.000000396. The van der Waals surface area contributed by atoms with Crippen molar-refractivity contribution in [1.82, 2.24) is 4.98 Å². The van der Waals surface area contributed by atoms with Crippen molar-refractivity contribution in [2.75, 3.05) is 0 Å². The van der Waals surface area contributed by atoms with Crippen LogP contribution in [0.4, 0.5) is 0 Å². The molecule has 111 valence electrons. The Bertz CT molecular complexity index is 403. The summed E-state index contributed by atoms with van der Waals surface area (Å²) in [6.07, 6.45) is 1.51. The largest absolute Gasteiger partial charge is 0.393 e. The molecule has 2 aromatic rings. The first-order chi connectivity index (χ1) is 9.09. The number of hydrogen-bond acceptors (Lipinski definition) is 3. The number of aliphatic hydroxyl groups excluding tert-OH is 2. The minimum Gasteiger partial charge on any atom is -0.393 e. The molecule has 2 unspecified atom stereocenters. The molecule has 0 fully saturated rings. The molecule has 1 aromatic heterocycles. The zero-order valence-electron chi connectivity index (χ0n) is 11.7. The molecule has 0 saturated heterocycles. The monoisotopic (exact) mass is 361 g/mol. The van der Waals surface area contributed by atoms with Gasteiger partial charge in [-0.25, -0.2) is 0 Å². The summed E-state index contributed by atoms with van der Waals surface area (Å²) in [5, 5.41) is 17.1. The molecule has 1 aromatic carbocycles. The van der Waals surface area contributed by atoms with Gasteiger partial charge in [0.25, 0.3) is 0 Å². The molecule has 0 amide bonds. The van der Waals surface area contributed by atoms with Crippen LogP contribution in [0.2, 0.25) is 0 Å². The second-order valence-corrected chi connectivity index (χ2v) is 4.42. The fraction of sp³-hybridized carbons (Fsp3) is 0.312. The van der Waals surface area contributed by atoms with E-state index >= 15 is 0 Å². The van der Waals surface area contributed by atoms with Crippen LogP contribution in [0.3, 0.4) is 0 Å². The number of aliphatic hydroxyl groups is 2. The van der Waals surface area contributed by atoms with Crippen molar-refractivity contribution in [1.29, 1.82) is 0 Å². The Morgan fingerprint density at radius 1 is 1.05 bits per heavy atom. The molecule has 20 heavy (non-hydrogen) atoms. The average Bonchev–Trinajstić information content (AvgIpc) is 2.40. The minimum absolute atomic E-state index is 0. The summed E-state index contributed by atoms with van der Waals surface area (Å²) in [6, 6.07) is 16.8. The predicted molar refractivity (Wildman–Crippen MR) is 76.5 cm³/mol. The first-order valence-corrected chi connectivity index (χ1v) is 6.34. The van der Waals surface area contributed by atoms with Crippen molar-refractivity contribution in [3.8, 4) is 11.3 Å². The van der Waals surface area contributed by atoms with Crippen LogP contribution >= 0.6 is 0 Å². The summed E-state index contributed by atoms with van der Waals surface area (Å²) in [4.78, 5) is 4.22. The molecule has 0 bridgehead atoms. The summed E-state index contributed by atoms with van der Waals surface area (Å²) in [6.45, 7) is 3.32. The first kappa shape index (κ1) is 18.9. The third kappa shape index (κ3) is 8.16. The van der Waals surface area contributed by atoms with Gasteiger partial charge in [0.1, 0.15) is 0 Å². The van der Waals surface area contributed by atoms with Crippen molar-refractivity contribution < 1.29 is 29.7 Å². The molecule has 2 rings (SSSR count). The Morgan fingerprint density at radius 3 is 2.10 bits per heavy atom. The van der Waals surface area contributed by atoms with Gasteiger partial charge in [0.15, 0.2) is 0 Å². The van der Waals surface area contributed by atoms with Gasteiger partial charge in [-0.2, -0.15) is 0 Å².